The summed E-state index contributed by atoms with van der Waals surface area (Å²) in [6.45, 7) is 11.0. The first kappa shape index (κ1) is 16.1. The van der Waals surface area contributed by atoms with Crippen LogP contribution in [-0.4, -0.2) is 23.0 Å². The minimum atomic E-state index is -2.47. The molecule has 3 nitrogen and oxygen atoms in total. The summed E-state index contributed by atoms with van der Waals surface area (Å²) in [7, 11) is 0. The lowest BCUT2D eigenvalue weighted by Crippen LogP contribution is -2.51. The highest BCUT2D eigenvalue weighted by Crippen LogP contribution is 2.43. The topological polar surface area (TPSA) is 43.4 Å². The van der Waals surface area contributed by atoms with Crippen LogP contribution in [0.3, 0.4) is 0 Å². The van der Waals surface area contributed by atoms with Crippen molar-refractivity contribution >= 4 is 11.8 Å². The van der Waals surface area contributed by atoms with E-state index in [2.05, 4.69) is 0 Å². The maximum atomic E-state index is 14.8. The van der Waals surface area contributed by atoms with Crippen LogP contribution in [0.15, 0.2) is 0 Å². The van der Waals surface area contributed by atoms with E-state index in [0.717, 1.165) is 0 Å². The first-order chi connectivity index (χ1) is 8.36. The Morgan fingerprint density at radius 1 is 1.26 bits per heavy atom. The number of alkyl halides is 1. The summed E-state index contributed by atoms with van der Waals surface area (Å²) < 4.78 is 19.9. The van der Waals surface area contributed by atoms with Gasteiger partial charge in [0.2, 0.25) is 0 Å². The lowest BCUT2D eigenvalue weighted by atomic mass is 9.67. The Balaban J connectivity index is 2.94. The standard InChI is InChI=1S/C15H25FO3/c1-13(2,3)10-7-8-11(17)15(16,9-10)12(18)19-14(4,5)6/h10H,7-9H2,1-6H3. The zero-order chi connectivity index (χ0) is 15.1. The van der Waals surface area contributed by atoms with Gasteiger partial charge in [0.15, 0.2) is 5.78 Å². The predicted molar refractivity (Wildman–Crippen MR) is 71.5 cm³/mol. The van der Waals surface area contributed by atoms with Crippen LogP contribution in [0.5, 0.6) is 0 Å². The fourth-order valence-electron chi connectivity index (χ4n) is 2.35. The van der Waals surface area contributed by atoms with Crippen molar-refractivity contribution in [1.29, 1.82) is 0 Å². The number of hydrogen-bond acceptors (Lipinski definition) is 3. The number of ether oxygens (including phenoxy) is 1. The SMILES string of the molecule is CC(C)(C)OC(=O)C1(F)CC(C(C)(C)C)CCC1=O. The molecular formula is C15H25FO3. The van der Waals surface area contributed by atoms with Gasteiger partial charge in [-0.1, -0.05) is 20.8 Å². The van der Waals surface area contributed by atoms with Crippen molar-refractivity contribution in [2.24, 2.45) is 11.3 Å². The lowest BCUT2D eigenvalue weighted by molar-refractivity contribution is -0.176. The number of ketones is 1. The number of carbonyl (C=O) groups is 2. The van der Waals surface area contributed by atoms with E-state index >= 15 is 0 Å². The zero-order valence-electron chi connectivity index (χ0n) is 12.8. The van der Waals surface area contributed by atoms with E-state index in [1.807, 2.05) is 20.8 Å². The van der Waals surface area contributed by atoms with Crippen molar-refractivity contribution in [3.05, 3.63) is 0 Å². The average Bonchev–Trinajstić information content (AvgIpc) is 2.18. The molecule has 0 heterocycles. The van der Waals surface area contributed by atoms with Crippen LogP contribution >= 0.6 is 0 Å². The molecule has 0 amide bonds. The Labute approximate surface area is 114 Å². The Kier molecular flexibility index (Phi) is 4.14. The molecule has 110 valence electrons. The number of carbonyl (C=O) groups excluding carboxylic acids is 2. The van der Waals surface area contributed by atoms with Gasteiger partial charge in [-0.25, -0.2) is 9.18 Å². The van der Waals surface area contributed by atoms with Crippen LogP contribution in [0, 0.1) is 11.3 Å². The van der Waals surface area contributed by atoms with Gasteiger partial charge in [-0.05, 0) is 38.5 Å². The van der Waals surface area contributed by atoms with Crippen molar-refractivity contribution in [2.75, 3.05) is 0 Å². The number of esters is 1. The zero-order valence-corrected chi connectivity index (χ0v) is 12.8. The van der Waals surface area contributed by atoms with Crippen molar-refractivity contribution in [2.45, 2.75) is 72.1 Å². The number of rotatable bonds is 1. The highest BCUT2D eigenvalue weighted by atomic mass is 19.1. The minimum Gasteiger partial charge on any atom is -0.457 e. The quantitative estimate of drug-likeness (QED) is 0.542. The molecule has 0 N–H and O–H groups in total. The molecule has 4 heteroatoms. The van der Waals surface area contributed by atoms with Crippen molar-refractivity contribution in [3.63, 3.8) is 0 Å². The minimum absolute atomic E-state index is 0.00252. The van der Waals surface area contributed by atoms with Crippen LogP contribution in [-0.2, 0) is 14.3 Å². The van der Waals surface area contributed by atoms with Gasteiger partial charge in [-0.15, -0.1) is 0 Å². The summed E-state index contributed by atoms with van der Waals surface area (Å²) >= 11 is 0. The number of hydrogen-bond donors (Lipinski definition) is 0. The highest BCUT2D eigenvalue weighted by Gasteiger charge is 2.54. The molecule has 2 unspecified atom stereocenters. The summed E-state index contributed by atoms with van der Waals surface area (Å²) in [5, 5.41) is 0. The lowest BCUT2D eigenvalue weighted by Gasteiger charge is -2.39. The molecule has 0 aromatic rings. The largest absolute Gasteiger partial charge is 0.457 e. The van der Waals surface area contributed by atoms with Gasteiger partial charge in [-0.2, -0.15) is 0 Å². The second-order valence-corrected chi connectivity index (χ2v) is 7.53. The third kappa shape index (κ3) is 3.77. The van der Waals surface area contributed by atoms with E-state index < -0.39 is 23.0 Å². The van der Waals surface area contributed by atoms with Crippen molar-refractivity contribution in [3.8, 4) is 0 Å². The molecule has 0 radical (unpaired) electrons. The highest BCUT2D eigenvalue weighted by molar-refractivity contribution is 6.07. The molecule has 0 saturated heterocycles. The van der Waals surface area contributed by atoms with E-state index in [1.165, 1.54) is 0 Å². The third-order valence-electron chi connectivity index (χ3n) is 3.64. The Morgan fingerprint density at radius 3 is 2.21 bits per heavy atom. The molecule has 1 aliphatic carbocycles. The normalized spacial score (nSPS) is 29.2. The molecule has 0 aromatic carbocycles. The Morgan fingerprint density at radius 2 is 1.79 bits per heavy atom. The maximum Gasteiger partial charge on any atom is 0.352 e. The van der Waals surface area contributed by atoms with Crippen LogP contribution in [0.2, 0.25) is 0 Å². The molecule has 1 rings (SSSR count). The van der Waals surface area contributed by atoms with Gasteiger partial charge in [0.1, 0.15) is 5.60 Å². The average molecular weight is 272 g/mol. The molecule has 19 heavy (non-hydrogen) atoms. The van der Waals surface area contributed by atoms with E-state index in [1.54, 1.807) is 20.8 Å². The number of Topliss-reactive ketones (excluding diaryl/α,β-unsaturated/α-hetero) is 1. The molecule has 1 aliphatic rings. The van der Waals surface area contributed by atoms with Gasteiger partial charge in [0, 0.05) is 12.8 Å². The summed E-state index contributed by atoms with van der Waals surface area (Å²) in [6, 6.07) is 0. The van der Waals surface area contributed by atoms with Gasteiger partial charge in [0.25, 0.3) is 5.67 Å². The summed E-state index contributed by atoms with van der Waals surface area (Å²) in [5.74, 6) is -1.66. The summed E-state index contributed by atoms with van der Waals surface area (Å²) in [6.07, 6.45) is 0.679. The molecule has 0 aliphatic heterocycles. The molecule has 0 spiro atoms. The second-order valence-electron chi connectivity index (χ2n) is 7.53. The van der Waals surface area contributed by atoms with Crippen molar-refractivity contribution in [1.82, 2.24) is 0 Å². The van der Waals surface area contributed by atoms with Crippen molar-refractivity contribution < 1.29 is 18.7 Å². The molecule has 2 atom stereocenters. The monoisotopic (exact) mass is 272 g/mol. The van der Waals surface area contributed by atoms with E-state index in [9.17, 15) is 14.0 Å². The number of halogens is 1. The fourth-order valence-corrected chi connectivity index (χ4v) is 2.35. The van der Waals surface area contributed by atoms with Crippen LogP contribution in [0.1, 0.15) is 60.8 Å². The van der Waals surface area contributed by atoms with E-state index in [4.69, 9.17) is 4.74 Å². The van der Waals surface area contributed by atoms with E-state index in [-0.39, 0.29) is 24.2 Å². The van der Waals surface area contributed by atoms with Crippen LogP contribution in [0.4, 0.5) is 4.39 Å². The molecule has 0 bridgehead atoms. The van der Waals surface area contributed by atoms with E-state index in [0.29, 0.717) is 6.42 Å². The molecule has 1 saturated carbocycles. The van der Waals surface area contributed by atoms with Gasteiger partial charge in [-0.3, -0.25) is 4.79 Å². The van der Waals surface area contributed by atoms with Crippen LogP contribution < -0.4 is 0 Å². The maximum absolute atomic E-state index is 14.8. The predicted octanol–water partition coefficient (Wildman–Crippen LogP) is 3.45. The summed E-state index contributed by atoms with van der Waals surface area (Å²) in [4.78, 5) is 23.8. The first-order valence-electron chi connectivity index (χ1n) is 6.82. The Bertz CT molecular complexity index is 376. The molecule has 0 aromatic heterocycles. The summed E-state index contributed by atoms with van der Waals surface area (Å²) in [5.41, 5.74) is -3.38. The van der Waals surface area contributed by atoms with Gasteiger partial charge >= 0.3 is 5.97 Å². The fraction of sp³-hybridized carbons (Fsp3) is 0.867. The first-order valence-corrected chi connectivity index (χ1v) is 6.82. The van der Waals surface area contributed by atoms with Gasteiger partial charge in [0.05, 0.1) is 0 Å². The smallest absolute Gasteiger partial charge is 0.352 e. The van der Waals surface area contributed by atoms with Crippen LogP contribution in [0.25, 0.3) is 0 Å². The molecular weight excluding hydrogens is 247 g/mol. The molecule has 1 fully saturated rings. The second kappa shape index (κ2) is 4.88. The third-order valence-corrected chi connectivity index (χ3v) is 3.64. The van der Waals surface area contributed by atoms with Gasteiger partial charge < -0.3 is 4.74 Å². The Hall–Kier alpha value is -0.930.